The van der Waals surface area contributed by atoms with Crippen LogP contribution in [0.3, 0.4) is 0 Å². The van der Waals surface area contributed by atoms with E-state index in [0.29, 0.717) is 25.0 Å². The number of hydrogen-bond acceptors (Lipinski definition) is 5. The zero-order valence-corrected chi connectivity index (χ0v) is 12.5. The zero-order valence-electron chi connectivity index (χ0n) is 11.7. The van der Waals surface area contributed by atoms with Crippen LogP contribution in [0.15, 0.2) is 4.99 Å². The van der Waals surface area contributed by atoms with E-state index in [-0.39, 0.29) is 6.10 Å². The van der Waals surface area contributed by atoms with Crippen molar-refractivity contribution in [3.63, 3.8) is 0 Å². The second-order valence-electron chi connectivity index (χ2n) is 4.99. The molecule has 1 saturated heterocycles. The first-order valence-corrected chi connectivity index (χ1v) is 7.36. The molecule has 1 aliphatic heterocycles. The highest BCUT2D eigenvalue weighted by Crippen LogP contribution is 2.19. The van der Waals surface area contributed by atoms with E-state index in [2.05, 4.69) is 33.9 Å². The van der Waals surface area contributed by atoms with Crippen molar-refractivity contribution in [3.05, 3.63) is 10.0 Å². The first kappa shape index (κ1) is 14.2. The van der Waals surface area contributed by atoms with Gasteiger partial charge >= 0.3 is 0 Å². The normalized spacial score (nSPS) is 21.2. The van der Waals surface area contributed by atoms with Gasteiger partial charge in [0.25, 0.3) is 0 Å². The Morgan fingerprint density at radius 3 is 3.00 bits per heavy atom. The molecule has 1 aromatic rings. The van der Waals surface area contributed by atoms with Crippen molar-refractivity contribution in [2.45, 2.75) is 39.3 Å². The van der Waals surface area contributed by atoms with Gasteiger partial charge in [0.1, 0.15) is 10.0 Å². The molecule has 106 valence electrons. The smallest absolute Gasteiger partial charge is 0.191 e. The number of guanidine groups is 1. The molecular weight excluding hydrogens is 262 g/mol. The quantitative estimate of drug-likeness (QED) is 0.666. The molecule has 2 N–H and O–H groups in total. The minimum absolute atomic E-state index is 0.205. The molecule has 1 aromatic heterocycles. The van der Waals surface area contributed by atoms with Crippen LogP contribution in [-0.4, -0.2) is 46.9 Å². The average Bonchev–Trinajstić information content (AvgIpc) is 2.85. The topological polar surface area (TPSA) is 76.6 Å². The number of hydrogen-bond donors (Lipinski definition) is 1. The van der Waals surface area contributed by atoms with Crippen molar-refractivity contribution in [2.24, 2.45) is 10.7 Å². The minimum Gasteiger partial charge on any atom is -0.375 e. The second kappa shape index (κ2) is 6.29. The van der Waals surface area contributed by atoms with Crippen molar-refractivity contribution in [1.29, 1.82) is 0 Å². The molecule has 6 nitrogen and oxygen atoms in total. The van der Waals surface area contributed by atoms with Crippen molar-refractivity contribution >= 4 is 17.3 Å². The molecule has 2 heterocycles. The number of ether oxygens (including phenoxy) is 1. The van der Waals surface area contributed by atoms with E-state index in [1.54, 1.807) is 11.3 Å². The molecule has 0 radical (unpaired) electrons. The van der Waals surface area contributed by atoms with Gasteiger partial charge in [0.15, 0.2) is 5.96 Å². The molecule has 0 saturated carbocycles. The van der Waals surface area contributed by atoms with Crippen molar-refractivity contribution < 1.29 is 4.74 Å². The maximum absolute atomic E-state index is 6.00. The SMILES string of the molecule is CC1CN(C(N)=NCc2nnc(C(C)C)s2)CCO1. The van der Waals surface area contributed by atoms with Crippen LogP contribution in [0, 0.1) is 0 Å². The first-order chi connectivity index (χ1) is 9.06. The van der Waals surface area contributed by atoms with Gasteiger partial charge < -0.3 is 15.4 Å². The molecule has 1 unspecified atom stereocenters. The maximum Gasteiger partial charge on any atom is 0.191 e. The van der Waals surface area contributed by atoms with E-state index in [0.717, 1.165) is 23.1 Å². The van der Waals surface area contributed by atoms with Gasteiger partial charge in [0, 0.05) is 19.0 Å². The summed E-state index contributed by atoms with van der Waals surface area (Å²) in [6.07, 6.45) is 0.205. The van der Waals surface area contributed by atoms with Gasteiger partial charge in [-0.2, -0.15) is 0 Å². The summed E-state index contributed by atoms with van der Waals surface area (Å²) in [4.78, 5) is 6.45. The number of nitrogens with two attached hydrogens (primary N) is 1. The Kier molecular flexibility index (Phi) is 4.71. The fraction of sp³-hybridized carbons (Fsp3) is 0.750. The molecule has 2 rings (SSSR count). The summed E-state index contributed by atoms with van der Waals surface area (Å²) in [5.74, 6) is 0.976. The van der Waals surface area contributed by atoms with Crippen molar-refractivity contribution in [3.8, 4) is 0 Å². The molecule has 1 aliphatic rings. The third kappa shape index (κ3) is 3.87. The van der Waals surface area contributed by atoms with Crippen LogP contribution < -0.4 is 5.73 Å². The van der Waals surface area contributed by atoms with Gasteiger partial charge in [-0.1, -0.05) is 25.2 Å². The summed E-state index contributed by atoms with van der Waals surface area (Å²) >= 11 is 1.60. The predicted octanol–water partition coefficient (Wildman–Crippen LogP) is 1.20. The Labute approximate surface area is 117 Å². The van der Waals surface area contributed by atoms with Crippen LogP contribution in [0.25, 0.3) is 0 Å². The van der Waals surface area contributed by atoms with Crippen LogP contribution in [0.1, 0.15) is 36.7 Å². The van der Waals surface area contributed by atoms with Crippen LogP contribution in [0.2, 0.25) is 0 Å². The van der Waals surface area contributed by atoms with E-state index < -0.39 is 0 Å². The summed E-state index contributed by atoms with van der Waals surface area (Å²) in [5.41, 5.74) is 6.00. The molecule has 1 fully saturated rings. The molecule has 0 bridgehead atoms. The standard InChI is InChI=1S/C12H21N5OS/c1-8(2)11-16-15-10(19-11)6-14-12(13)17-4-5-18-9(3)7-17/h8-9H,4-7H2,1-3H3,(H2,13,14). The molecule has 0 amide bonds. The molecule has 19 heavy (non-hydrogen) atoms. The summed E-state index contributed by atoms with van der Waals surface area (Å²) < 4.78 is 5.48. The molecule has 0 spiro atoms. The highest BCUT2D eigenvalue weighted by Gasteiger charge is 2.18. The van der Waals surface area contributed by atoms with E-state index in [1.807, 2.05) is 6.92 Å². The Balaban J connectivity index is 1.93. The van der Waals surface area contributed by atoms with E-state index >= 15 is 0 Å². The number of aromatic nitrogens is 2. The highest BCUT2D eigenvalue weighted by atomic mass is 32.1. The number of morpholine rings is 1. The lowest BCUT2D eigenvalue weighted by Gasteiger charge is -2.31. The van der Waals surface area contributed by atoms with Crippen LogP contribution in [0.5, 0.6) is 0 Å². The fourth-order valence-electron chi connectivity index (χ4n) is 1.84. The Bertz CT molecular complexity index is 445. The van der Waals surface area contributed by atoms with Gasteiger partial charge in [-0.05, 0) is 6.92 Å². The lowest BCUT2D eigenvalue weighted by atomic mass is 10.2. The molecular formula is C12H21N5OS. The van der Waals surface area contributed by atoms with Gasteiger partial charge in [-0.3, -0.25) is 0 Å². The van der Waals surface area contributed by atoms with Crippen molar-refractivity contribution in [1.82, 2.24) is 15.1 Å². The van der Waals surface area contributed by atoms with Crippen molar-refractivity contribution in [2.75, 3.05) is 19.7 Å². The van der Waals surface area contributed by atoms with E-state index in [4.69, 9.17) is 10.5 Å². The molecule has 0 aliphatic carbocycles. The first-order valence-electron chi connectivity index (χ1n) is 6.55. The van der Waals surface area contributed by atoms with Gasteiger partial charge in [-0.15, -0.1) is 10.2 Å². The molecule has 0 aromatic carbocycles. The van der Waals surface area contributed by atoms with Crippen LogP contribution in [-0.2, 0) is 11.3 Å². The van der Waals surface area contributed by atoms with E-state index in [1.165, 1.54) is 0 Å². The lowest BCUT2D eigenvalue weighted by Crippen LogP contribution is -2.47. The maximum atomic E-state index is 6.00. The lowest BCUT2D eigenvalue weighted by molar-refractivity contribution is 0.00529. The number of aliphatic imine (C=N–C) groups is 1. The third-order valence-electron chi connectivity index (χ3n) is 2.92. The van der Waals surface area contributed by atoms with Crippen LogP contribution >= 0.6 is 11.3 Å². The van der Waals surface area contributed by atoms with Gasteiger partial charge in [-0.25, -0.2) is 4.99 Å². The number of rotatable bonds is 3. The summed E-state index contributed by atoms with van der Waals surface area (Å²) in [7, 11) is 0. The fourth-order valence-corrected chi connectivity index (χ4v) is 2.61. The predicted molar refractivity (Wildman–Crippen MR) is 76.3 cm³/mol. The summed E-state index contributed by atoms with van der Waals surface area (Å²) in [6, 6.07) is 0. The number of nitrogens with zero attached hydrogens (tertiary/aromatic N) is 4. The largest absolute Gasteiger partial charge is 0.375 e. The van der Waals surface area contributed by atoms with Gasteiger partial charge in [0.2, 0.25) is 0 Å². The van der Waals surface area contributed by atoms with Crippen LogP contribution in [0.4, 0.5) is 0 Å². The van der Waals surface area contributed by atoms with Gasteiger partial charge in [0.05, 0.1) is 19.3 Å². The average molecular weight is 283 g/mol. The van der Waals surface area contributed by atoms with E-state index in [9.17, 15) is 0 Å². The Hall–Kier alpha value is -1.21. The molecule has 7 heteroatoms. The summed E-state index contributed by atoms with van der Waals surface area (Å²) in [5, 5.41) is 10.2. The Morgan fingerprint density at radius 1 is 1.58 bits per heavy atom. The molecule has 1 atom stereocenters. The monoisotopic (exact) mass is 283 g/mol. The third-order valence-corrected chi connectivity index (χ3v) is 4.13. The zero-order chi connectivity index (χ0) is 13.8. The minimum atomic E-state index is 0.205. The Morgan fingerprint density at radius 2 is 2.37 bits per heavy atom. The second-order valence-corrected chi connectivity index (χ2v) is 6.08. The summed E-state index contributed by atoms with van der Waals surface area (Å²) in [6.45, 7) is 9.05. The highest BCUT2D eigenvalue weighted by molar-refractivity contribution is 7.11.